The molecule has 0 bridgehead atoms. The number of aryl methyl sites for hydroxylation is 1. The van der Waals surface area contributed by atoms with Crippen LogP contribution < -0.4 is 10.6 Å². The lowest BCUT2D eigenvalue weighted by atomic mass is 10.0. The van der Waals surface area contributed by atoms with Crippen molar-refractivity contribution in [1.29, 1.82) is 0 Å². The molecule has 36 heavy (non-hydrogen) atoms. The van der Waals surface area contributed by atoms with Crippen molar-refractivity contribution in [3.8, 4) is 0 Å². The summed E-state index contributed by atoms with van der Waals surface area (Å²) in [6, 6.07) is 10.00. The molecule has 0 radical (unpaired) electrons. The SMILES string of the molecule is CCc1cccc(CNCC(O)C(Cc2cc(F)cc(F)c2)NC(=O)c2scc(S(C)(=O)=O)c2Cl)c1. The predicted molar refractivity (Wildman–Crippen MR) is 137 cm³/mol. The summed E-state index contributed by atoms with van der Waals surface area (Å²) < 4.78 is 51.2. The van der Waals surface area contributed by atoms with Gasteiger partial charge >= 0.3 is 0 Å². The summed E-state index contributed by atoms with van der Waals surface area (Å²) in [6.07, 6.45) is 0.662. The lowest BCUT2D eigenvalue weighted by molar-refractivity contribution is 0.0833. The molecule has 194 valence electrons. The van der Waals surface area contributed by atoms with Gasteiger partial charge in [0, 0.05) is 30.8 Å². The highest BCUT2D eigenvalue weighted by molar-refractivity contribution is 7.91. The number of nitrogens with one attached hydrogen (secondary N) is 2. The minimum atomic E-state index is -3.64. The van der Waals surface area contributed by atoms with Gasteiger partial charge in [-0.2, -0.15) is 0 Å². The maximum absolute atomic E-state index is 13.8. The fraction of sp³-hybridized carbons (Fsp3) is 0.320. The van der Waals surface area contributed by atoms with E-state index in [-0.39, 0.29) is 33.3 Å². The molecule has 0 saturated heterocycles. The molecular weight excluding hydrogens is 530 g/mol. The Kier molecular flexibility index (Phi) is 9.59. The maximum Gasteiger partial charge on any atom is 0.263 e. The van der Waals surface area contributed by atoms with Gasteiger partial charge in [-0.1, -0.05) is 42.8 Å². The molecule has 6 nitrogen and oxygen atoms in total. The van der Waals surface area contributed by atoms with E-state index in [0.29, 0.717) is 6.54 Å². The first-order chi connectivity index (χ1) is 17.0. The molecule has 0 aliphatic carbocycles. The number of amides is 1. The molecule has 3 N–H and O–H groups in total. The van der Waals surface area contributed by atoms with E-state index in [1.54, 1.807) is 0 Å². The highest BCUT2D eigenvalue weighted by Gasteiger charge is 2.27. The first-order valence-corrected chi connectivity index (χ1v) is 14.3. The first-order valence-electron chi connectivity index (χ1n) is 11.2. The average molecular weight is 557 g/mol. The van der Waals surface area contributed by atoms with Gasteiger partial charge in [-0.15, -0.1) is 11.3 Å². The summed E-state index contributed by atoms with van der Waals surface area (Å²) in [5, 5.41) is 17.7. The van der Waals surface area contributed by atoms with Gasteiger partial charge in [-0.05, 0) is 41.7 Å². The normalized spacial score (nSPS) is 13.4. The van der Waals surface area contributed by atoms with E-state index in [9.17, 15) is 27.1 Å². The Labute approximate surface area is 218 Å². The number of benzene rings is 2. The van der Waals surface area contributed by atoms with E-state index < -0.39 is 39.5 Å². The van der Waals surface area contributed by atoms with Crippen LogP contribution >= 0.6 is 22.9 Å². The van der Waals surface area contributed by atoms with Gasteiger partial charge in [0.15, 0.2) is 9.84 Å². The van der Waals surface area contributed by atoms with E-state index in [1.165, 1.54) is 10.9 Å². The minimum absolute atomic E-state index is 0.0379. The zero-order valence-corrected chi connectivity index (χ0v) is 22.1. The number of aliphatic hydroxyl groups is 1. The van der Waals surface area contributed by atoms with Crippen molar-refractivity contribution in [2.24, 2.45) is 0 Å². The van der Waals surface area contributed by atoms with Gasteiger partial charge < -0.3 is 15.7 Å². The number of hydrogen-bond acceptors (Lipinski definition) is 6. The van der Waals surface area contributed by atoms with Gasteiger partial charge in [0.2, 0.25) is 0 Å². The van der Waals surface area contributed by atoms with E-state index in [0.717, 1.165) is 47.8 Å². The Morgan fingerprint density at radius 2 is 1.78 bits per heavy atom. The van der Waals surface area contributed by atoms with Crippen LogP contribution in [0.25, 0.3) is 0 Å². The van der Waals surface area contributed by atoms with Crippen molar-refractivity contribution >= 4 is 38.7 Å². The quantitative estimate of drug-likeness (QED) is 0.330. The number of rotatable bonds is 11. The van der Waals surface area contributed by atoms with Crippen LogP contribution in [0.5, 0.6) is 0 Å². The van der Waals surface area contributed by atoms with E-state index in [4.69, 9.17) is 11.6 Å². The van der Waals surface area contributed by atoms with Crippen molar-refractivity contribution in [1.82, 2.24) is 10.6 Å². The topological polar surface area (TPSA) is 95.5 Å². The number of aliphatic hydroxyl groups excluding tert-OH is 1. The van der Waals surface area contributed by atoms with Crippen molar-refractivity contribution in [3.05, 3.63) is 86.1 Å². The zero-order valence-electron chi connectivity index (χ0n) is 19.7. The molecule has 3 aromatic rings. The molecule has 11 heteroatoms. The standard InChI is InChI=1S/C25H27ClF2N2O4S2/c1-3-15-5-4-6-16(7-15)12-29-13-21(31)20(10-17-8-18(27)11-19(28)9-17)30-25(32)24-23(26)22(14-35-24)36(2,33)34/h4-9,11,14,20-21,29,31H,3,10,12-13H2,1-2H3,(H,30,32). The Morgan fingerprint density at radius 1 is 1.11 bits per heavy atom. The molecule has 1 aromatic heterocycles. The van der Waals surface area contributed by atoms with Gasteiger partial charge in [0.05, 0.1) is 22.1 Å². The first kappa shape index (κ1) is 28.2. The number of thiophene rings is 1. The molecule has 1 amide bonds. The predicted octanol–water partition coefficient (Wildman–Crippen LogP) is 4.14. The number of carbonyl (C=O) groups is 1. The Hall–Kier alpha value is -2.37. The second kappa shape index (κ2) is 12.2. The van der Waals surface area contributed by atoms with Crippen LogP contribution in [-0.4, -0.2) is 44.4 Å². The summed E-state index contributed by atoms with van der Waals surface area (Å²) in [5.41, 5.74) is 2.43. The van der Waals surface area contributed by atoms with Crippen LogP contribution in [0, 0.1) is 11.6 Å². The Balaban J connectivity index is 1.77. The Bertz CT molecular complexity index is 1310. The molecule has 0 aliphatic rings. The molecule has 0 saturated carbocycles. The van der Waals surface area contributed by atoms with Crippen molar-refractivity contribution in [2.45, 2.75) is 43.4 Å². The third-order valence-electron chi connectivity index (χ3n) is 5.55. The third kappa shape index (κ3) is 7.57. The largest absolute Gasteiger partial charge is 0.390 e. The third-order valence-corrected chi connectivity index (χ3v) is 8.41. The lowest BCUT2D eigenvalue weighted by Gasteiger charge is -2.25. The molecule has 3 rings (SSSR count). The van der Waals surface area contributed by atoms with Crippen LogP contribution in [0.15, 0.2) is 52.7 Å². The summed E-state index contributed by atoms with van der Waals surface area (Å²) in [5.74, 6) is -2.26. The molecule has 1 heterocycles. The highest BCUT2D eigenvalue weighted by Crippen LogP contribution is 2.31. The average Bonchev–Trinajstić information content (AvgIpc) is 3.20. The second-order valence-electron chi connectivity index (χ2n) is 8.45. The summed E-state index contributed by atoms with van der Waals surface area (Å²) >= 11 is 7.00. The fourth-order valence-corrected chi connectivity index (χ4v) is 6.51. The summed E-state index contributed by atoms with van der Waals surface area (Å²) in [4.78, 5) is 12.7. The molecule has 0 fully saturated rings. The van der Waals surface area contributed by atoms with Crippen molar-refractivity contribution < 1.29 is 27.1 Å². The van der Waals surface area contributed by atoms with Gasteiger partial charge in [0.25, 0.3) is 5.91 Å². The number of halogens is 3. The number of sulfone groups is 1. The van der Waals surface area contributed by atoms with Gasteiger partial charge in [-0.3, -0.25) is 4.79 Å². The monoisotopic (exact) mass is 556 g/mol. The number of hydrogen-bond donors (Lipinski definition) is 3. The number of carbonyl (C=O) groups excluding carboxylic acids is 1. The van der Waals surface area contributed by atoms with Crippen LogP contribution in [0.2, 0.25) is 5.02 Å². The molecular formula is C25H27ClF2N2O4S2. The molecule has 0 aliphatic heterocycles. The van der Waals surface area contributed by atoms with Crippen molar-refractivity contribution in [2.75, 3.05) is 12.8 Å². The Morgan fingerprint density at radius 3 is 2.39 bits per heavy atom. The molecule has 2 aromatic carbocycles. The van der Waals surface area contributed by atoms with Crippen molar-refractivity contribution in [3.63, 3.8) is 0 Å². The second-order valence-corrected chi connectivity index (χ2v) is 11.7. The van der Waals surface area contributed by atoms with Crippen LogP contribution in [0.1, 0.15) is 33.3 Å². The van der Waals surface area contributed by atoms with Crippen LogP contribution in [0.3, 0.4) is 0 Å². The van der Waals surface area contributed by atoms with Gasteiger partial charge in [0.1, 0.15) is 16.5 Å². The van der Waals surface area contributed by atoms with Crippen LogP contribution in [0.4, 0.5) is 8.78 Å². The van der Waals surface area contributed by atoms with Gasteiger partial charge in [-0.25, -0.2) is 17.2 Å². The van der Waals surface area contributed by atoms with E-state index in [1.807, 2.05) is 24.3 Å². The molecule has 0 spiro atoms. The zero-order chi connectivity index (χ0) is 26.5. The van der Waals surface area contributed by atoms with E-state index >= 15 is 0 Å². The van der Waals surface area contributed by atoms with E-state index in [2.05, 4.69) is 17.6 Å². The fourth-order valence-electron chi connectivity index (χ4n) is 3.70. The lowest BCUT2D eigenvalue weighted by Crippen LogP contribution is -2.48. The molecule has 2 unspecified atom stereocenters. The smallest absolute Gasteiger partial charge is 0.263 e. The molecule has 2 atom stereocenters. The summed E-state index contributed by atoms with van der Waals surface area (Å²) in [7, 11) is -3.64. The minimum Gasteiger partial charge on any atom is -0.390 e. The van der Waals surface area contributed by atoms with Crippen LogP contribution in [-0.2, 0) is 29.2 Å². The highest BCUT2D eigenvalue weighted by atomic mass is 35.5. The maximum atomic E-state index is 13.8. The summed E-state index contributed by atoms with van der Waals surface area (Å²) in [6.45, 7) is 2.60.